The molecule has 2 N–H and O–H groups in total. The first-order chi connectivity index (χ1) is 16.6. The number of thiophene rings is 1. The zero-order valence-corrected chi connectivity index (χ0v) is 21.7. The second kappa shape index (κ2) is 9.96. The number of sulfonamides is 1. The number of benzene rings is 2. The fourth-order valence-corrected chi connectivity index (χ4v) is 6.59. The summed E-state index contributed by atoms with van der Waals surface area (Å²) in [5.41, 5.74) is 4.92. The van der Waals surface area contributed by atoms with E-state index >= 15 is 0 Å². The van der Waals surface area contributed by atoms with E-state index < -0.39 is 21.7 Å². The number of nitrogens with one attached hydrogen (secondary N) is 2. The number of carbonyl (C=O) groups excluding carboxylic acids is 1. The van der Waals surface area contributed by atoms with E-state index in [1.807, 2.05) is 19.9 Å². The van der Waals surface area contributed by atoms with Crippen LogP contribution in [0.1, 0.15) is 31.9 Å². The Bertz CT molecular complexity index is 1380. The van der Waals surface area contributed by atoms with Crippen molar-refractivity contribution in [3.63, 3.8) is 0 Å². The summed E-state index contributed by atoms with van der Waals surface area (Å²) >= 11 is 1.13. The minimum Gasteiger partial charge on any atom is -0.378 e. The van der Waals surface area contributed by atoms with Crippen LogP contribution in [-0.2, 0) is 14.8 Å². The first-order valence-corrected chi connectivity index (χ1v) is 13.6. The van der Waals surface area contributed by atoms with Crippen molar-refractivity contribution in [3.8, 4) is 0 Å². The Morgan fingerprint density at radius 1 is 1.06 bits per heavy atom. The Hall–Kier alpha value is -2.95. The standard InChI is InChI=1S/C25H28FN3O4S2/c1-15-14-16(2)23(29-9-11-33-12-10-29)18(4)22(15)27-25(30)24-20(8-13-34-24)28-35(31,32)21-7-5-6-19(26)17(21)3/h5-8,13-14,28H,9-12H2,1-4H3,(H,27,30). The van der Waals surface area contributed by atoms with Gasteiger partial charge in [0.25, 0.3) is 15.9 Å². The second-order valence-corrected chi connectivity index (χ2v) is 11.1. The van der Waals surface area contributed by atoms with Crippen LogP contribution in [-0.4, -0.2) is 40.6 Å². The van der Waals surface area contributed by atoms with E-state index in [0.717, 1.165) is 46.8 Å². The lowest BCUT2D eigenvalue weighted by Gasteiger charge is -2.32. The topological polar surface area (TPSA) is 87.7 Å². The molecule has 0 saturated carbocycles. The van der Waals surface area contributed by atoms with Gasteiger partial charge < -0.3 is 15.0 Å². The van der Waals surface area contributed by atoms with Crippen LogP contribution in [0.25, 0.3) is 0 Å². The number of hydrogen-bond donors (Lipinski definition) is 2. The van der Waals surface area contributed by atoms with Gasteiger partial charge in [-0.25, -0.2) is 12.8 Å². The van der Waals surface area contributed by atoms with Gasteiger partial charge in [-0.1, -0.05) is 12.1 Å². The Kier molecular flexibility index (Phi) is 7.16. The van der Waals surface area contributed by atoms with Gasteiger partial charge in [-0.05, 0) is 68.0 Å². The van der Waals surface area contributed by atoms with Gasteiger partial charge in [0.2, 0.25) is 0 Å². The van der Waals surface area contributed by atoms with Crippen molar-refractivity contribution in [2.75, 3.05) is 41.2 Å². The third-order valence-electron chi connectivity index (χ3n) is 6.12. The van der Waals surface area contributed by atoms with E-state index in [9.17, 15) is 17.6 Å². The van der Waals surface area contributed by atoms with Crippen molar-refractivity contribution in [2.24, 2.45) is 0 Å². The van der Waals surface area contributed by atoms with Crippen LogP contribution in [0.4, 0.5) is 21.5 Å². The molecule has 1 aromatic heterocycles. The molecule has 0 aliphatic carbocycles. The van der Waals surface area contributed by atoms with Gasteiger partial charge >= 0.3 is 0 Å². The van der Waals surface area contributed by atoms with Crippen molar-refractivity contribution in [3.05, 3.63) is 68.7 Å². The van der Waals surface area contributed by atoms with E-state index in [1.165, 1.54) is 31.2 Å². The molecular formula is C25H28FN3O4S2. The van der Waals surface area contributed by atoms with Crippen molar-refractivity contribution in [1.29, 1.82) is 0 Å². The Morgan fingerprint density at radius 3 is 2.49 bits per heavy atom. The number of hydrogen-bond acceptors (Lipinski definition) is 6. The normalized spacial score (nSPS) is 14.1. The highest BCUT2D eigenvalue weighted by molar-refractivity contribution is 7.92. The van der Waals surface area contributed by atoms with Crippen molar-refractivity contribution < 1.29 is 22.3 Å². The summed E-state index contributed by atoms with van der Waals surface area (Å²) in [7, 11) is -4.09. The lowest BCUT2D eigenvalue weighted by molar-refractivity contribution is 0.103. The molecular weight excluding hydrogens is 489 g/mol. The summed E-state index contributed by atoms with van der Waals surface area (Å²) in [6.45, 7) is 10.2. The number of aryl methyl sites for hydroxylation is 2. The van der Waals surface area contributed by atoms with Gasteiger partial charge in [-0.15, -0.1) is 11.3 Å². The molecule has 2 aromatic carbocycles. The number of halogens is 1. The largest absolute Gasteiger partial charge is 0.378 e. The Morgan fingerprint density at radius 2 is 1.77 bits per heavy atom. The molecule has 7 nitrogen and oxygen atoms in total. The van der Waals surface area contributed by atoms with Gasteiger partial charge in [-0.2, -0.15) is 0 Å². The van der Waals surface area contributed by atoms with Gasteiger partial charge in [0, 0.05) is 30.0 Å². The van der Waals surface area contributed by atoms with Gasteiger partial charge in [0.1, 0.15) is 10.7 Å². The third kappa shape index (κ3) is 5.05. The second-order valence-electron chi connectivity index (χ2n) is 8.54. The maximum Gasteiger partial charge on any atom is 0.267 e. The maximum atomic E-state index is 13.9. The van der Waals surface area contributed by atoms with Crippen LogP contribution in [0.2, 0.25) is 0 Å². The molecule has 35 heavy (non-hydrogen) atoms. The minimum absolute atomic E-state index is 0.0165. The van der Waals surface area contributed by atoms with Crippen molar-refractivity contribution in [2.45, 2.75) is 32.6 Å². The molecule has 1 aliphatic heterocycles. The fraction of sp³-hybridized carbons (Fsp3) is 0.320. The number of ether oxygens (including phenoxy) is 1. The minimum atomic E-state index is -4.09. The molecule has 1 saturated heterocycles. The molecule has 186 valence electrons. The molecule has 1 fully saturated rings. The van der Waals surface area contributed by atoms with Crippen LogP contribution in [0.5, 0.6) is 0 Å². The number of amides is 1. The van der Waals surface area contributed by atoms with Crippen molar-refractivity contribution >= 4 is 44.3 Å². The molecule has 4 rings (SSSR count). The summed E-state index contributed by atoms with van der Waals surface area (Å²) in [6.07, 6.45) is 0. The summed E-state index contributed by atoms with van der Waals surface area (Å²) in [4.78, 5) is 15.6. The SMILES string of the molecule is Cc1cc(C)c(N2CCOCC2)c(C)c1NC(=O)c1sccc1NS(=O)(=O)c1cccc(F)c1C. The maximum absolute atomic E-state index is 13.9. The lowest BCUT2D eigenvalue weighted by Crippen LogP contribution is -2.37. The molecule has 3 aromatic rings. The van der Waals surface area contributed by atoms with Crippen LogP contribution < -0.4 is 14.9 Å². The average molecular weight is 518 g/mol. The smallest absolute Gasteiger partial charge is 0.267 e. The van der Waals surface area contributed by atoms with Gasteiger partial charge in [0.05, 0.1) is 23.8 Å². The molecule has 0 radical (unpaired) electrons. The van der Waals surface area contributed by atoms with E-state index in [1.54, 1.807) is 5.38 Å². The van der Waals surface area contributed by atoms with Crippen LogP contribution in [0.3, 0.4) is 0 Å². The van der Waals surface area contributed by atoms with Crippen LogP contribution in [0, 0.1) is 33.5 Å². The molecule has 0 bridgehead atoms. The molecule has 0 spiro atoms. The number of morpholine rings is 1. The molecule has 2 heterocycles. The first-order valence-electron chi connectivity index (χ1n) is 11.2. The average Bonchev–Trinajstić information content (AvgIpc) is 3.26. The highest BCUT2D eigenvalue weighted by Crippen LogP contribution is 2.35. The molecule has 0 atom stereocenters. The highest BCUT2D eigenvalue weighted by atomic mass is 32.2. The molecule has 1 amide bonds. The van der Waals surface area contributed by atoms with E-state index in [0.29, 0.717) is 18.9 Å². The summed E-state index contributed by atoms with van der Waals surface area (Å²) in [6, 6.07) is 7.44. The van der Waals surface area contributed by atoms with E-state index in [2.05, 4.69) is 21.9 Å². The monoisotopic (exact) mass is 517 g/mol. The fourth-order valence-electron chi connectivity index (χ4n) is 4.46. The molecule has 1 aliphatic rings. The number of nitrogens with zero attached hydrogens (tertiary/aromatic N) is 1. The first kappa shape index (κ1) is 25.2. The van der Waals surface area contributed by atoms with Crippen LogP contribution in [0.15, 0.2) is 40.6 Å². The zero-order valence-electron chi connectivity index (χ0n) is 20.1. The summed E-state index contributed by atoms with van der Waals surface area (Å²) in [5.74, 6) is -1.03. The summed E-state index contributed by atoms with van der Waals surface area (Å²) < 4.78 is 47.8. The van der Waals surface area contributed by atoms with E-state index in [4.69, 9.17) is 4.74 Å². The highest BCUT2D eigenvalue weighted by Gasteiger charge is 2.24. The molecule has 10 heteroatoms. The third-order valence-corrected chi connectivity index (χ3v) is 8.54. The number of carbonyl (C=O) groups is 1. The Labute approximate surface area is 209 Å². The van der Waals surface area contributed by atoms with Gasteiger partial charge in [0.15, 0.2) is 0 Å². The summed E-state index contributed by atoms with van der Waals surface area (Å²) in [5, 5.41) is 4.63. The Balaban J connectivity index is 1.62. The van der Waals surface area contributed by atoms with Crippen molar-refractivity contribution in [1.82, 2.24) is 0 Å². The van der Waals surface area contributed by atoms with Crippen LogP contribution >= 0.6 is 11.3 Å². The van der Waals surface area contributed by atoms with Gasteiger partial charge in [-0.3, -0.25) is 9.52 Å². The lowest BCUT2D eigenvalue weighted by atomic mass is 10.0. The van der Waals surface area contributed by atoms with E-state index in [-0.39, 0.29) is 21.0 Å². The predicted octanol–water partition coefficient (Wildman–Crippen LogP) is 5.01. The number of rotatable bonds is 6. The quantitative estimate of drug-likeness (QED) is 0.480. The zero-order chi connectivity index (χ0) is 25.3. The molecule has 0 unspecified atom stereocenters. The predicted molar refractivity (Wildman–Crippen MR) is 138 cm³/mol. The number of anilines is 3.